The molecule has 1 heterocycles. The number of rotatable bonds is 8. The topological polar surface area (TPSA) is 96.2 Å². The predicted molar refractivity (Wildman–Crippen MR) is 67.6 cm³/mol. The Morgan fingerprint density at radius 2 is 1.89 bits per heavy atom. The minimum Gasteiger partial charge on any atom is -0.481 e. The van der Waals surface area contributed by atoms with Gasteiger partial charge in [0.1, 0.15) is 6.10 Å². The monoisotopic (exact) mass is 276 g/mol. The van der Waals surface area contributed by atoms with E-state index in [1.165, 1.54) is 0 Å². The summed E-state index contributed by atoms with van der Waals surface area (Å²) in [6, 6.07) is 0. The average Bonchev–Trinajstić information content (AvgIpc) is 2.33. The Balaban J connectivity index is 2.04. The first kappa shape index (κ1) is 16.4. The second kappa shape index (κ2) is 8.47. The van der Waals surface area contributed by atoms with E-state index in [1.54, 1.807) is 6.92 Å². The van der Waals surface area contributed by atoms with Gasteiger partial charge in [0.15, 0.2) is 6.29 Å². The molecule has 0 aromatic heterocycles. The van der Waals surface area contributed by atoms with Crippen molar-refractivity contribution in [3.8, 4) is 0 Å². The molecular weight excluding hydrogens is 252 g/mol. The number of aliphatic hydroxyl groups excluding tert-OH is 2. The van der Waals surface area contributed by atoms with Crippen LogP contribution in [0.25, 0.3) is 0 Å². The largest absolute Gasteiger partial charge is 0.481 e. The molecule has 0 radical (unpaired) electrons. The highest BCUT2D eigenvalue weighted by Gasteiger charge is 2.34. The third-order valence-electron chi connectivity index (χ3n) is 3.25. The standard InChI is InChI=1S/C13H24O6/c1-9-10(14)8-11(15)13(19-9)18-7-5-3-2-4-6-12(16)17/h9-11,13-15H,2-8H2,1H3,(H,16,17)/t9-,10+,11+,13+/m0/s1. The lowest BCUT2D eigenvalue weighted by atomic mass is 10.0. The zero-order chi connectivity index (χ0) is 14.3. The Labute approximate surface area is 113 Å². The first-order valence-electron chi connectivity index (χ1n) is 6.85. The fourth-order valence-electron chi connectivity index (χ4n) is 2.02. The van der Waals surface area contributed by atoms with Crippen LogP contribution in [-0.4, -0.2) is 52.5 Å². The van der Waals surface area contributed by atoms with Gasteiger partial charge in [-0.25, -0.2) is 0 Å². The van der Waals surface area contributed by atoms with Crippen molar-refractivity contribution < 1.29 is 29.6 Å². The third-order valence-corrected chi connectivity index (χ3v) is 3.25. The van der Waals surface area contributed by atoms with E-state index in [1.807, 2.05) is 0 Å². The summed E-state index contributed by atoms with van der Waals surface area (Å²) in [5.41, 5.74) is 0. The van der Waals surface area contributed by atoms with Crippen molar-refractivity contribution in [2.45, 2.75) is 70.1 Å². The van der Waals surface area contributed by atoms with Crippen molar-refractivity contribution in [3.63, 3.8) is 0 Å². The van der Waals surface area contributed by atoms with Gasteiger partial charge in [-0.1, -0.05) is 12.8 Å². The normalized spacial score (nSPS) is 31.3. The van der Waals surface area contributed by atoms with Crippen molar-refractivity contribution in [3.05, 3.63) is 0 Å². The molecule has 6 heteroatoms. The van der Waals surface area contributed by atoms with Gasteiger partial charge in [-0.05, 0) is 19.8 Å². The number of carboxylic acids is 1. The molecule has 4 atom stereocenters. The van der Waals surface area contributed by atoms with Gasteiger partial charge in [-0.2, -0.15) is 0 Å². The van der Waals surface area contributed by atoms with Gasteiger partial charge in [0.05, 0.1) is 12.2 Å². The van der Waals surface area contributed by atoms with Crippen molar-refractivity contribution >= 4 is 5.97 Å². The number of aliphatic hydroxyl groups is 2. The molecule has 1 aliphatic heterocycles. The van der Waals surface area contributed by atoms with Crippen molar-refractivity contribution in [2.24, 2.45) is 0 Å². The Hall–Kier alpha value is -0.690. The van der Waals surface area contributed by atoms with E-state index in [4.69, 9.17) is 14.6 Å². The predicted octanol–water partition coefficient (Wildman–Crippen LogP) is 0.895. The lowest BCUT2D eigenvalue weighted by molar-refractivity contribution is -0.261. The molecule has 0 unspecified atom stereocenters. The molecule has 0 aromatic rings. The van der Waals surface area contributed by atoms with Crippen LogP contribution in [0, 0.1) is 0 Å². The molecule has 1 saturated heterocycles. The summed E-state index contributed by atoms with van der Waals surface area (Å²) in [5.74, 6) is -0.762. The van der Waals surface area contributed by atoms with Crippen LogP contribution in [0.15, 0.2) is 0 Å². The maximum absolute atomic E-state index is 10.3. The molecule has 3 N–H and O–H groups in total. The van der Waals surface area contributed by atoms with Crippen molar-refractivity contribution in [1.29, 1.82) is 0 Å². The molecule has 112 valence electrons. The molecule has 0 amide bonds. The molecule has 1 rings (SSSR count). The molecule has 1 aliphatic rings. The van der Waals surface area contributed by atoms with E-state index in [0.717, 1.165) is 19.3 Å². The Morgan fingerprint density at radius 1 is 1.21 bits per heavy atom. The Kier molecular flexibility index (Phi) is 7.30. The minimum atomic E-state index is -0.793. The first-order valence-corrected chi connectivity index (χ1v) is 6.85. The van der Waals surface area contributed by atoms with Gasteiger partial charge in [-0.15, -0.1) is 0 Å². The van der Waals surface area contributed by atoms with Gasteiger partial charge in [0.25, 0.3) is 0 Å². The van der Waals surface area contributed by atoms with E-state index < -0.39 is 24.5 Å². The van der Waals surface area contributed by atoms with Crippen LogP contribution in [0.4, 0.5) is 0 Å². The maximum Gasteiger partial charge on any atom is 0.303 e. The molecule has 0 bridgehead atoms. The average molecular weight is 276 g/mol. The van der Waals surface area contributed by atoms with E-state index in [-0.39, 0.29) is 18.9 Å². The van der Waals surface area contributed by atoms with Crippen molar-refractivity contribution in [2.75, 3.05) is 6.61 Å². The van der Waals surface area contributed by atoms with E-state index in [0.29, 0.717) is 13.0 Å². The van der Waals surface area contributed by atoms with E-state index >= 15 is 0 Å². The molecule has 0 aromatic carbocycles. The number of hydrogen-bond donors (Lipinski definition) is 3. The van der Waals surface area contributed by atoms with E-state index in [2.05, 4.69) is 0 Å². The van der Waals surface area contributed by atoms with Crippen LogP contribution in [0.3, 0.4) is 0 Å². The van der Waals surface area contributed by atoms with Gasteiger partial charge < -0.3 is 24.8 Å². The lowest BCUT2D eigenvalue weighted by Gasteiger charge is -2.35. The van der Waals surface area contributed by atoms with Crippen LogP contribution in [0.5, 0.6) is 0 Å². The fraction of sp³-hybridized carbons (Fsp3) is 0.923. The number of unbranched alkanes of at least 4 members (excludes halogenated alkanes) is 3. The number of carbonyl (C=O) groups is 1. The van der Waals surface area contributed by atoms with Crippen LogP contribution in [-0.2, 0) is 14.3 Å². The maximum atomic E-state index is 10.3. The van der Waals surface area contributed by atoms with Gasteiger partial charge >= 0.3 is 5.97 Å². The minimum absolute atomic E-state index is 0.209. The van der Waals surface area contributed by atoms with Gasteiger partial charge in [-0.3, -0.25) is 4.79 Å². The molecule has 1 fully saturated rings. The second-order valence-electron chi connectivity index (χ2n) is 5.01. The highest BCUT2D eigenvalue weighted by Crippen LogP contribution is 2.21. The summed E-state index contributed by atoms with van der Waals surface area (Å²) in [4.78, 5) is 10.3. The number of ether oxygens (including phenoxy) is 2. The highest BCUT2D eigenvalue weighted by molar-refractivity contribution is 5.66. The SMILES string of the molecule is C[C@@H]1O[C@@H](OCCCCCCC(=O)O)[C@H](O)C[C@H]1O. The zero-order valence-corrected chi connectivity index (χ0v) is 11.3. The molecule has 6 nitrogen and oxygen atoms in total. The van der Waals surface area contributed by atoms with E-state index in [9.17, 15) is 15.0 Å². The Bertz CT molecular complexity index is 270. The van der Waals surface area contributed by atoms with Gasteiger partial charge in [0, 0.05) is 19.4 Å². The van der Waals surface area contributed by atoms with Crippen LogP contribution in [0.2, 0.25) is 0 Å². The summed E-state index contributed by atoms with van der Waals surface area (Å²) in [7, 11) is 0. The summed E-state index contributed by atoms with van der Waals surface area (Å²) in [6.45, 7) is 2.22. The number of aliphatic carboxylic acids is 1. The highest BCUT2D eigenvalue weighted by atomic mass is 16.7. The summed E-state index contributed by atoms with van der Waals surface area (Å²) in [6.07, 6.45) is 1.29. The zero-order valence-electron chi connectivity index (χ0n) is 11.3. The summed E-state index contributed by atoms with van der Waals surface area (Å²) in [5, 5.41) is 27.6. The summed E-state index contributed by atoms with van der Waals surface area (Å²) < 4.78 is 10.8. The molecular formula is C13H24O6. The molecule has 19 heavy (non-hydrogen) atoms. The number of carboxylic acid groups (broad SMARTS) is 1. The van der Waals surface area contributed by atoms with Crippen LogP contribution >= 0.6 is 0 Å². The number of hydrogen-bond acceptors (Lipinski definition) is 5. The quantitative estimate of drug-likeness (QED) is 0.570. The summed E-state index contributed by atoms with van der Waals surface area (Å²) >= 11 is 0. The van der Waals surface area contributed by atoms with Gasteiger partial charge in [0.2, 0.25) is 0 Å². The smallest absolute Gasteiger partial charge is 0.303 e. The molecule has 0 spiro atoms. The van der Waals surface area contributed by atoms with Crippen molar-refractivity contribution in [1.82, 2.24) is 0 Å². The molecule has 0 saturated carbocycles. The third kappa shape index (κ3) is 6.33. The van der Waals surface area contributed by atoms with Crippen LogP contribution < -0.4 is 0 Å². The molecule has 0 aliphatic carbocycles. The lowest BCUT2D eigenvalue weighted by Crippen LogP contribution is -2.47. The second-order valence-corrected chi connectivity index (χ2v) is 5.01. The first-order chi connectivity index (χ1) is 9.00. The Morgan fingerprint density at radius 3 is 2.58 bits per heavy atom. The van der Waals surface area contributed by atoms with Crippen LogP contribution in [0.1, 0.15) is 45.4 Å². The fourth-order valence-corrected chi connectivity index (χ4v) is 2.02.